The summed E-state index contributed by atoms with van der Waals surface area (Å²) in [6, 6.07) is 9.86. The van der Waals surface area contributed by atoms with Gasteiger partial charge in [0.05, 0.1) is 15.6 Å². The van der Waals surface area contributed by atoms with Crippen LogP contribution in [0.1, 0.15) is 0 Å². The Morgan fingerprint density at radius 1 is 1.11 bits per heavy atom. The number of hydrogen-bond donors (Lipinski definition) is 1. The van der Waals surface area contributed by atoms with E-state index in [9.17, 15) is 10.1 Å². The SMILES string of the molecule is O=[N+]([O-])c1c(Cl)cccc1Nc1cc(Br)ccc1Cl. The van der Waals surface area contributed by atoms with Crippen molar-refractivity contribution in [1.29, 1.82) is 0 Å². The molecule has 7 heteroatoms. The average Bonchev–Trinajstić information content (AvgIpc) is 2.33. The number of anilines is 2. The molecular formula is C12H7BrCl2N2O2. The smallest absolute Gasteiger partial charge is 0.311 e. The second kappa shape index (κ2) is 5.77. The predicted molar refractivity (Wildman–Crippen MR) is 80.5 cm³/mol. The first kappa shape index (κ1) is 14.1. The van der Waals surface area contributed by atoms with Crippen molar-refractivity contribution in [2.24, 2.45) is 0 Å². The largest absolute Gasteiger partial charge is 0.349 e. The highest BCUT2D eigenvalue weighted by Gasteiger charge is 2.19. The minimum atomic E-state index is -0.531. The van der Waals surface area contributed by atoms with E-state index in [-0.39, 0.29) is 16.4 Å². The molecule has 2 aromatic rings. The molecule has 0 aliphatic carbocycles. The highest BCUT2D eigenvalue weighted by atomic mass is 79.9. The summed E-state index contributed by atoms with van der Waals surface area (Å²) in [7, 11) is 0. The topological polar surface area (TPSA) is 55.2 Å². The molecule has 0 saturated heterocycles. The van der Waals surface area contributed by atoms with Gasteiger partial charge in [0, 0.05) is 4.47 Å². The second-order valence-electron chi connectivity index (χ2n) is 3.64. The number of nitro benzene ring substituents is 1. The van der Waals surface area contributed by atoms with Gasteiger partial charge in [-0.25, -0.2) is 0 Å². The molecule has 0 fully saturated rings. The zero-order chi connectivity index (χ0) is 14.0. The van der Waals surface area contributed by atoms with Gasteiger partial charge in [0.2, 0.25) is 0 Å². The number of halogens is 3. The molecule has 0 heterocycles. The van der Waals surface area contributed by atoms with Gasteiger partial charge in [-0.2, -0.15) is 0 Å². The summed E-state index contributed by atoms with van der Waals surface area (Å²) in [6.07, 6.45) is 0. The molecule has 1 N–H and O–H groups in total. The molecule has 4 nitrogen and oxygen atoms in total. The van der Waals surface area contributed by atoms with E-state index in [4.69, 9.17) is 23.2 Å². The molecule has 0 atom stereocenters. The molecule has 0 radical (unpaired) electrons. The van der Waals surface area contributed by atoms with E-state index in [1.165, 1.54) is 6.07 Å². The average molecular weight is 362 g/mol. The van der Waals surface area contributed by atoms with Crippen molar-refractivity contribution < 1.29 is 4.92 Å². The van der Waals surface area contributed by atoms with E-state index < -0.39 is 4.92 Å². The van der Waals surface area contributed by atoms with Crippen LogP contribution in [0.4, 0.5) is 17.1 Å². The minimum absolute atomic E-state index is 0.0705. The van der Waals surface area contributed by atoms with Crippen LogP contribution < -0.4 is 5.32 Å². The van der Waals surface area contributed by atoms with Crippen LogP contribution in [0, 0.1) is 10.1 Å². The highest BCUT2D eigenvalue weighted by molar-refractivity contribution is 9.10. The molecule has 2 rings (SSSR count). The van der Waals surface area contributed by atoms with E-state index in [1.54, 1.807) is 30.3 Å². The quantitative estimate of drug-likeness (QED) is 0.587. The van der Waals surface area contributed by atoms with Crippen molar-refractivity contribution in [3.63, 3.8) is 0 Å². The molecule has 0 amide bonds. The minimum Gasteiger partial charge on any atom is -0.349 e. The molecule has 0 aliphatic rings. The lowest BCUT2D eigenvalue weighted by molar-refractivity contribution is -0.383. The van der Waals surface area contributed by atoms with Crippen molar-refractivity contribution in [1.82, 2.24) is 0 Å². The molecule has 0 aromatic heterocycles. The van der Waals surface area contributed by atoms with Gasteiger partial charge < -0.3 is 5.32 Å². The third kappa shape index (κ3) is 3.18. The van der Waals surface area contributed by atoms with Crippen LogP contribution in [0.2, 0.25) is 10.0 Å². The van der Waals surface area contributed by atoms with Crippen LogP contribution in [-0.2, 0) is 0 Å². The lowest BCUT2D eigenvalue weighted by Crippen LogP contribution is -1.98. The van der Waals surface area contributed by atoms with Crippen LogP contribution in [-0.4, -0.2) is 4.92 Å². The lowest BCUT2D eigenvalue weighted by Gasteiger charge is -2.10. The monoisotopic (exact) mass is 360 g/mol. The number of hydrogen-bond acceptors (Lipinski definition) is 3. The normalized spacial score (nSPS) is 10.3. The lowest BCUT2D eigenvalue weighted by atomic mass is 10.2. The number of benzene rings is 2. The van der Waals surface area contributed by atoms with Gasteiger partial charge >= 0.3 is 5.69 Å². The summed E-state index contributed by atoms with van der Waals surface area (Å²) in [4.78, 5) is 10.5. The van der Waals surface area contributed by atoms with Crippen LogP contribution in [0.5, 0.6) is 0 Å². The van der Waals surface area contributed by atoms with E-state index in [2.05, 4.69) is 21.2 Å². The van der Waals surface area contributed by atoms with E-state index in [0.29, 0.717) is 10.7 Å². The first-order chi connectivity index (χ1) is 8.99. The molecule has 2 aromatic carbocycles. The van der Waals surface area contributed by atoms with Gasteiger partial charge in [-0.05, 0) is 30.3 Å². The number of rotatable bonds is 3. The van der Waals surface area contributed by atoms with Gasteiger partial charge in [0.25, 0.3) is 0 Å². The van der Waals surface area contributed by atoms with E-state index in [0.717, 1.165) is 4.47 Å². The van der Waals surface area contributed by atoms with Crippen molar-refractivity contribution >= 4 is 56.2 Å². The van der Waals surface area contributed by atoms with Crippen molar-refractivity contribution in [2.45, 2.75) is 0 Å². The van der Waals surface area contributed by atoms with Crippen LogP contribution in [0.3, 0.4) is 0 Å². The van der Waals surface area contributed by atoms with Gasteiger partial charge in [-0.1, -0.05) is 45.2 Å². The van der Waals surface area contributed by atoms with Crippen LogP contribution in [0.15, 0.2) is 40.9 Å². The summed E-state index contributed by atoms with van der Waals surface area (Å²) in [5.74, 6) is 0. The van der Waals surface area contributed by atoms with Gasteiger partial charge in [0.1, 0.15) is 10.7 Å². The Labute approximate surface area is 127 Å². The van der Waals surface area contributed by atoms with Crippen LogP contribution in [0.25, 0.3) is 0 Å². The van der Waals surface area contributed by atoms with Crippen molar-refractivity contribution in [3.05, 3.63) is 61.0 Å². The van der Waals surface area contributed by atoms with Crippen LogP contribution >= 0.6 is 39.1 Å². The Morgan fingerprint density at radius 3 is 2.53 bits per heavy atom. The fourth-order valence-electron chi connectivity index (χ4n) is 1.54. The standard InChI is InChI=1S/C12H7BrCl2N2O2/c13-7-4-5-8(14)11(6-7)16-10-3-1-2-9(15)12(10)17(18)19/h1-6,16H. The maximum Gasteiger partial charge on any atom is 0.311 e. The fourth-order valence-corrected chi connectivity index (χ4v) is 2.31. The number of nitro groups is 1. The molecular weight excluding hydrogens is 355 g/mol. The Balaban J connectivity index is 2.46. The van der Waals surface area contributed by atoms with Crippen molar-refractivity contribution in [2.75, 3.05) is 5.32 Å². The molecule has 0 spiro atoms. The zero-order valence-corrected chi connectivity index (χ0v) is 12.5. The Kier molecular flexibility index (Phi) is 4.29. The van der Waals surface area contributed by atoms with Gasteiger partial charge in [0.15, 0.2) is 0 Å². The number of nitrogens with zero attached hydrogens (tertiary/aromatic N) is 1. The van der Waals surface area contributed by atoms with Crippen molar-refractivity contribution in [3.8, 4) is 0 Å². The summed E-state index contributed by atoms with van der Waals surface area (Å²) >= 11 is 15.2. The zero-order valence-electron chi connectivity index (χ0n) is 9.36. The predicted octanol–water partition coefficient (Wildman–Crippen LogP) is 5.41. The molecule has 98 valence electrons. The first-order valence-corrected chi connectivity index (χ1v) is 6.69. The summed E-state index contributed by atoms with van der Waals surface area (Å²) in [5.41, 5.74) is 0.666. The third-order valence-electron chi connectivity index (χ3n) is 2.37. The Morgan fingerprint density at radius 2 is 1.84 bits per heavy atom. The number of para-hydroxylation sites is 1. The van der Waals surface area contributed by atoms with Gasteiger partial charge in [-0.3, -0.25) is 10.1 Å². The Hall–Kier alpha value is -1.30. The van der Waals surface area contributed by atoms with E-state index in [1.807, 2.05) is 0 Å². The molecule has 19 heavy (non-hydrogen) atoms. The molecule has 0 saturated carbocycles. The fraction of sp³-hybridized carbons (Fsp3) is 0. The maximum atomic E-state index is 11.0. The summed E-state index contributed by atoms with van der Waals surface area (Å²) in [6.45, 7) is 0. The summed E-state index contributed by atoms with van der Waals surface area (Å²) in [5, 5.41) is 14.5. The van der Waals surface area contributed by atoms with E-state index >= 15 is 0 Å². The molecule has 0 bridgehead atoms. The maximum absolute atomic E-state index is 11.0. The third-order valence-corrected chi connectivity index (χ3v) is 3.49. The second-order valence-corrected chi connectivity index (χ2v) is 5.37. The van der Waals surface area contributed by atoms with Gasteiger partial charge in [-0.15, -0.1) is 0 Å². The summed E-state index contributed by atoms with van der Waals surface area (Å²) < 4.78 is 0.809. The molecule has 0 aliphatic heterocycles. The highest BCUT2D eigenvalue weighted by Crippen LogP contribution is 2.36. The molecule has 0 unspecified atom stereocenters. The number of nitrogens with one attached hydrogen (secondary N) is 1. The first-order valence-electron chi connectivity index (χ1n) is 5.14. The Bertz CT molecular complexity index is 650.